The molecule has 114 valence electrons. The predicted octanol–water partition coefficient (Wildman–Crippen LogP) is 1.83. The van der Waals surface area contributed by atoms with Gasteiger partial charge in [0.1, 0.15) is 0 Å². The van der Waals surface area contributed by atoms with Crippen molar-refractivity contribution in [3.8, 4) is 0 Å². The molecule has 1 fully saturated rings. The van der Waals surface area contributed by atoms with Crippen molar-refractivity contribution in [2.45, 2.75) is 38.6 Å². The van der Waals surface area contributed by atoms with E-state index in [0.29, 0.717) is 23.8 Å². The molecule has 0 unspecified atom stereocenters. The second-order valence-corrected chi connectivity index (χ2v) is 5.47. The van der Waals surface area contributed by atoms with Gasteiger partial charge in [-0.2, -0.15) is 0 Å². The number of hydrogen-bond acceptors (Lipinski definition) is 3. The lowest BCUT2D eigenvalue weighted by atomic mass is 10.1. The Kier molecular flexibility index (Phi) is 5.33. The summed E-state index contributed by atoms with van der Waals surface area (Å²) in [6.45, 7) is 2.15. The smallest absolute Gasteiger partial charge is 0.251 e. The van der Waals surface area contributed by atoms with Crippen LogP contribution in [0.15, 0.2) is 18.2 Å². The van der Waals surface area contributed by atoms with Crippen molar-refractivity contribution < 1.29 is 9.59 Å². The molecular formula is C16H23N3O2. The molecule has 1 aromatic rings. The van der Waals surface area contributed by atoms with E-state index in [9.17, 15) is 9.59 Å². The Morgan fingerprint density at radius 2 is 1.95 bits per heavy atom. The highest BCUT2D eigenvalue weighted by atomic mass is 16.2. The van der Waals surface area contributed by atoms with Crippen molar-refractivity contribution in [2.75, 3.05) is 18.9 Å². The summed E-state index contributed by atoms with van der Waals surface area (Å²) in [5, 5.41) is 8.75. The van der Waals surface area contributed by atoms with E-state index in [2.05, 4.69) is 16.0 Å². The van der Waals surface area contributed by atoms with Gasteiger partial charge in [0.05, 0.1) is 6.54 Å². The zero-order valence-corrected chi connectivity index (χ0v) is 12.7. The maximum Gasteiger partial charge on any atom is 0.251 e. The van der Waals surface area contributed by atoms with Gasteiger partial charge >= 0.3 is 0 Å². The minimum Gasteiger partial charge on any atom is -0.355 e. The molecule has 2 amide bonds. The van der Waals surface area contributed by atoms with Crippen molar-refractivity contribution in [1.82, 2.24) is 10.6 Å². The number of nitrogens with one attached hydrogen (secondary N) is 3. The van der Waals surface area contributed by atoms with E-state index in [1.54, 1.807) is 19.2 Å². The Balaban J connectivity index is 1.95. The molecule has 1 saturated carbocycles. The van der Waals surface area contributed by atoms with E-state index in [1.165, 1.54) is 12.8 Å². The molecular weight excluding hydrogens is 266 g/mol. The van der Waals surface area contributed by atoms with Crippen molar-refractivity contribution in [1.29, 1.82) is 0 Å². The van der Waals surface area contributed by atoms with Crippen molar-refractivity contribution in [3.63, 3.8) is 0 Å². The maximum atomic E-state index is 12.0. The third-order valence-corrected chi connectivity index (χ3v) is 3.99. The first-order chi connectivity index (χ1) is 10.1. The van der Waals surface area contributed by atoms with Gasteiger partial charge in [-0.15, -0.1) is 0 Å². The molecule has 0 saturated heterocycles. The number of hydrogen-bond donors (Lipinski definition) is 3. The van der Waals surface area contributed by atoms with Crippen molar-refractivity contribution in [2.24, 2.45) is 0 Å². The van der Waals surface area contributed by atoms with Crippen LogP contribution in [-0.4, -0.2) is 31.4 Å². The molecule has 0 aromatic heterocycles. The highest BCUT2D eigenvalue weighted by molar-refractivity contribution is 5.99. The van der Waals surface area contributed by atoms with Crippen LogP contribution in [0.5, 0.6) is 0 Å². The summed E-state index contributed by atoms with van der Waals surface area (Å²) in [4.78, 5) is 23.7. The summed E-state index contributed by atoms with van der Waals surface area (Å²) in [5.41, 5.74) is 2.06. The molecule has 0 heterocycles. The third-order valence-electron chi connectivity index (χ3n) is 3.99. The Morgan fingerprint density at radius 1 is 1.24 bits per heavy atom. The van der Waals surface area contributed by atoms with E-state index in [0.717, 1.165) is 18.4 Å². The lowest BCUT2D eigenvalue weighted by Gasteiger charge is -2.14. The van der Waals surface area contributed by atoms with Crippen LogP contribution in [0.2, 0.25) is 0 Å². The van der Waals surface area contributed by atoms with Crippen LogP contribution < -0.4 is 16.0 Å². The summed E-state index contributed by atoms with van der Waals surface area (Å²) in [7, 11) is 1.60. The van der Waals surface area contributed by atoms with E-state index in [4.69, 9.17) is 0 Å². The number of carbonyl (C=O) groups is 2. The molecule has 0 spiro atoms. The summed E-state index contributed by atoms with van der Waals surface area (Å²) >= 11 is 0. The first-order valence-corrected chi connectivity index (χ1v) is 7.46. The summed E-state index contributed by atoms with van der Waals surface area (Å²) in [5.74, 6) is -0.216. The van der Waals surface area contributed by atoms with Gasteiger partial charge < -0.3 is 16.0 Å². The van der Waals surface area contributed by atoms with Crippen LogP contribution in [0, 0.1) is 6.92 Å². The Bertz CT molecular complexity index is 522. The molecule has 0 aliphatic heterocycles. The van der Waals surface area contributed by atoms with Crippen molar-refractivity contribution in [3.05, 3.63) is 29.3 Å². The molecule has 1 aliphatic carbocycles. The molecule has 3 N–H and O–H groups in total. The van der Waals surface area contributed by atoms with Crippen LogP contribution in [0.25, 0.3) is 0 Å². The molecule has 5 nitrogen and oxygen atoms in total. The summed E-state index contributed by atoms with van der Waals surface area (Å²) in [6, 6.07) is 5.81. The zero-order chi connectivity index (χ0) is 15.2. The van der Waals surface area contributed by atoms with Crippen LogP contribution in [0.4, 0.5) is 5.69 Å². The largest absolute Gasteiger partial charge is 0.355 e. The van der Waals surface area contributed by atoms with E-state index < -0.39 is 0 Å². The molecule has 0 atom stereocenters. The first kappa shape index (κ1) is 15.5. The maximum absolute atomic E-state index is 12.0. The average Bonchev–Trinajstić information content (AvgIpc) is 3.00. The van der Waals surface area contributed by atoms with Gasteiger partial charge in [-0.25, -0.2) is 0 Å². The number of amides is 2. The quantitative estimate of drug-likeness (QED) is 0.774. The SMILES string of the molecule is CNC(=O)c1cccc(NC(=O)CNC2CCCC2)c1C. The van der Waals surface area contributed by atoms with Crippen LogP contribution in [0.3, 0.4) is 0 Å². The van der Waals surface area contributed by atoms with Crippen LogP contribution in [0.1, 0.15) is 41.6 Å². The highest BCUT2D eigenvalue weighted by Crippen LogP contribution is 2.19. The minimum atomic E-state index is -0.146. The number of carbonyl (C=O) groups excluding carboxylic acids is 2. The lowest BCUT2D eigenvalue weighted by Crippen LogP contribution is -2.34. The Labute approximate surface area is 125 Å². The van der Waals surface area contributed by atoms with Gasteiger partial charge in [0.2, 0.25) is 5.91 Å². The molecule has 1 aromatic carbocycles. The molecule has 2 rings (SSSR count). The normalized spacial score (nSPS) is 15.0. The predicted molar refractivity (Wildman–Crippen MR) is 83.5 cm³/mol. The third kappa shape index (κ3) is 4.04. The Hall–Kier alpha value is -1.88. The van der Waals surface area contributed by atoms with Gasteiger partial charge in [-0.3, -0.25) is 9.59 Å². The first-order valence-electron chi connectivity index (χ1n) is 7.46. The van der Waals surface area contributed by atoms with E-state index in [-0.39, 0.29) is 11.8 Å². The second kappa shape index (κ2) is 7.22. The fourth-order valence-corrected chi connectivity index (χ4v) is 2.71. The second-order valence-electron chi connectivity index (χ2n) is 5.47. The van der Waals surface area contributed by atoms with Gasteiger partial charge in [-0.05, 0) is 37.5 Å². The number of anilines is 1. The molecule has 1 aliphatic rings. The summed E-state index contributed by atoms with van der Waals surface area (Å²) in [6.07, 6.45) is 4.79. The van der Waals surface area contributed by atoms with Crippen LogP contribution >= 0.6 is 0 Å². The average molecular weight is 289 g/mol. The molecule has 5 heteroatoms. The Morgan fingerprint density at radius 3 is 2.62 bits per heavy atom. The lowest BCUT2D eigenvalue weighted by molar-refractivity contribution is -0.115. The van der Waals surface area contributed by atoms with Gasteiger partial charge in [0.25, 0.3) is 5.91 Å². The fraction of sp³-hybridized carbons (Fsp3) is 0.500. The topological polar surface area (TPSA) is 70.2 Å². The zero-order valence-electron chi connectivity index (χ0n) is 12.7. The minimum absolute atomic E-state index is 0.0703. The molecule has 0 bridgehead atoms. The molecule has 0 radical (unpaired) electrons. The van der Waals surface area contributed by atoms with Gasteiger partial charge in [0.15, 0.2) is 0 Å². The number of rotatable bonds is 5. The van der Waals surface area contributed by atoms with E-state index in [1.807, 2.05) is 13.0 Å². The monoisotopic (exact) mass is 289 g/mol. The van der Waals surface area contributed by atoms with Gasteiger partial charge in [0, 0.05) is 24.3 Å². The van der Waals surface area contributed by atoms with Gasteiger partial charge in [-0.1, -0.05) is 18.9 Å². The summed E-state index contributed by atoms with van der Waals surface area (Å²) < 4.78 is 0. The van der Waals surface area contributed by atoms with E-state index >= 15 is 0 Å². The highest BCUT2D eigenvalue weighted by Gasteiger charge is 2.16. The van der Waals surface area contributed by atoms with Crippen molar-refractivity contribution >= 4 is 17.5 Å². The molecule has 21 heavy (non-hydrogen) atoms. The fourth-order valence-electron chi connectivity index (χ4n) is 2.71. The van der Waals surface area contributed by atoms with Crippen LogP contribution in [-0.2, 0) is 4.79 Å². The number of benzene rings is 1. The standard InChI is InChI=1S/C16H23N3O2/c1-11-13(16(21)17-2)8-5-9-14(11)19-15(20)10-18-12-6-3-4-7-12/h5,8-9,12,18H,3-4,6-7,10H2,1-2H3,(H,17,21)(H,19,20).